The van der Waals surface area contributed by atoms with Crippen molar-refractivity contribution < 1.29 is 22.8 Å². The molecular weight excluding hydrogens is 507 g/mol. The van der Waals surface area contributed by atoms with Gasteiger partial charge in [0, 0.05) is 16.5 Å². The molecule has 4 rings (SSSR count). The zero-order chi connectivity index (χ0) is 26.6. The van der Waals surface area contributed by atoms with Gasteiger partial charge in [-0.15, -0.1) is 0 Å². The van der Waals surface area contributed by atoms with Crippen LogP contribution < -0.4 is 11.1 Å². The minimum Gasteiger partial charge on any atom is -0.368 e. The molecule has 37 heavy (non-hydrogen) atoms. The number of hydrazone groups is 1. The predicted molar refractivity (Wildman–Crippen MR) is 134 cm³/mol. The first-order chi connectivity index (χ1) is 17.6. The highest BCUT2D eigenvalue weighted by Gasteiger charge is 2.34. The van der Waals surface area contributed by atoms with Gasteiger partial charge in [0.2, 0.25) is 11.9 Å². The van der Waals surface area contributed by atoms with E-state index < -0.39 is 30.1 Å². The normalized spacial score (nSPS) is 15.9. The summed E-state index contributed by atoms with van der Waals surface area (Å²) in [4.78, 5) is 28.5. The molecule has 0 saturated heterocycles. The van der Waals surface area contributed by atoms with Crippen LogP contribution >= 0.6 is 11.6 Å². The number of rotatable bonds is 5. The van der Waals surface area contributed by atoms with Gasteiger partial charge in [-0.1, -0.05) is 60.1 Å². The number of hydrogen-bond acceptors (Lipinski definition) is 4. The van der Waals surface area contributed by atoms with Crippen molar-refractivity contribution in [2.75, 3.05) is 13.1 Å². The van der Waals surface area contributed by atoms with Gasteiger partial charge < -0.3 is 5.73 Å². The molecule has 1 aliphatic rings. The molecule has 3 N–H and O–H groups in total. The van der Waals surface area contributed by atoms with Crippen LogP contribution in [0.15, 0.2) is 89.0 Å². The predicted octanol–water partition coefficient (Wildman–Crippen LogP) is 4.43. The highest BCUT2D eigenvalue weighted by Crippen LogP contribution is 2.32. The Bertz CT molecular complexity index is 1360. The third-order valence-electron chi connectivity index (χ3n) is 5.57. The van der Waals surface area contributed by atoms with E-state index in [9.17, 15) is 22.8 Å². The zero-order valence-corrected chi connectivity index (χ0v) is 20.0. The average Bonchev–Trinajstić information content (AvgIpc) is 3.32. The third kappa shape index (κ3) is 6.34. The maximum atomic E-state index is 13.1. The molecule has 3 aromatic rings. The maximum Gasteiger partial charge on any atom is 0.416 e. The molecule has 7 nitrogen and oxygen atoms in total. The molecule has 190 valence electrons. The fourth-order valence-electron chi connectivity index (χ4n) is 3.81. The van der Waals surface area contributed by atoms with E-state index in [1.54, 1.807) is 18.2 Å². The molecule has 0 radical (unpaired) electrons. The number of nitrogens with zero attached hydrogens (tertiary/aromatic N) is 3. The van der Waals surface area contributed by atoms with Gasteiger partial charge >= 0.3 is 6.18 Å². The van der Waals surface area contributed by atoms with E-state index in [1.807, 2.05) is 30.3 Å². The van der Waals surface area contributed by atoms with Crippen molar-refractivity contribution >= 4 is 35.1 Å². The molecule has 1 aliphatic heterocycles. The molecule has 0 aromatic heterocycles. The highest BCUT2D eigenvalue weighted by atomic mass is 35.5. The van der Waals surface area contributed by atoms with E-state index in [2.05, 4.69) is 15.4 Å². The van der Waals surface area contributed by atoms with Crippen LogP contribution in [0.1, 0.15) is 33.0 Å². The van der Waals surface area contributed by atoms with E-state index in [4.69, 9.17) is 17.3 Å². The van der Waals surface area contributed by atoms with Crippen LogP contribution in [0, 0.1) is 0 Å². The summed E-state index contributed by atoms with van der Waals surface area (Å²) in [5.41, 5.74) is 6.55. The summed E-state index contributed by atoms with van der Waals surface area (Å²) in [6, 6.07) is 20.2. The molecule has 0 bridgehead atoms. The van der Waals surface area contributed by atoms with Crippen molar-refractivity contribution in [2.45, 2.75) is 12.1 Å². The van der Waals surface area contributed by atoms with Crippen molar-refractivity contribution in [1.82, 2.24) is 10.3 Å². The number of carbonyl (C=O) groups excluding carboxylic acids is 2. The summed E-state index contributed by atoms with van der Waals surface area (Å²) in [7, 11) is 0. The number of amides is 2. The molecule has 0 spiro atoms. The van der Waals surface area contributed by atoms with E-state index in [1.165, 1.54) is 23.2 Å². The number of nitrogens with two attached hydrogens (primary N) is 1. The maximum absolute atomic E-state index is 13.1. The van der Waals surface area contributed by atoms with Crippen LogP contribution in [0.2, 0.25) is 5.02 Å². The molecule has 0 aliphatic carbocycles. The van der Waals surface area contributed by atoms with Gasteiger partial charge in [-0.05, 0) is 41.5 Å². The summed E-state index contributed by atoms with van der Waals surface area (Å²) in [6.07, 6.45) is -4.47. The zero-order valence-electron chi connectivity index (χ0n) is 19.2. The van der Waals surface area contributed by atoms with Crippen LogP contribution in [0.3, 0.4) is 0 Å². The minimum atomic E-state index is -4.47. The fourth-order valence-corrected chi connectivity index (χ4v) is 4.00. The van der Waals surface area contributed by atoms with Gasteiger partial charge in [0.1, 0.15) is 6.54 Å². The van der Waals surface area contributed by atoms with Crippen LogP contribution in [-0.2, 0) is 11.0 Å². The number of hydrogen-bond donors (Lipinski definition) is 2. The van der Waals surface area contributed by atoms with E-state index in [-0.39, 0.29) is 24.0 Å². The first kappa shape index (κ1) is 25.9. The Kier molecular flexibility index (Phi) is 7.58. The number of primary amides is 1. The van der Waals surface area contributed by atoms with E-state index in [0.717, 1.165) is 17.7 Å². The first-order valence-electron chi connectivity index (χ1n) is 11.1. The van der Waals surface area contributed by atoms with Crippen LogP contribution in [0.25, 0.3) is 0 Å². The van der Waals surface area contributed by atoms with Crippen LogP contribution in [-0.4, -0.2) is 41.6 Å². The fraction of sp³-hybridized carbons (Fsp3) is 0.154. The van der Waals surface area contributed by atoms with Gasteiger partial charge in [0.05, 0.1) is 17.8 Å². The molecule has 2 amide bonds. The number of halogens is 4. The van der Waals surface area contributed by atoms with Crippen molar-refractivity contribution in [3.63, 3.8) is 0 Å². The van der Waals surface area contributed by atoms with E-state index in [0.29, 0.717) is 16.3 Å². The third-order valence-corrected chi connectivity index (χ3v) is 5.80. The molecule has 1 atom stereocenters. The molecule has 1 unspecified atom stereocenters. The largest absolute Gasteiger partial charge is 0.416 e. The number of aliphatic imine (C=N–C) groups is 1. The smallest absolute Gasteiger partial charge is 0.368 e. The number of carbonyl (C=O) groups is 2. The molecule has 11 heteroatoms. The standard InChI is InChI=1S/C26H21ClF3N5O2/c27-20-8-4-7-18(13-20)24(37)33-25(32-14-22(31)36)35-15-21(16-5-2-1-3-6-16)23(34-35)17-9-11-19(12-10-17)26(28,29)30/h1-13,21H,14-15H2,(H2,31,36)(H,32,33,37). The molecule has 0 fully saturated rings. The van der Waals surface area contributed by atoms with Crippen molar-refractivity contribution in [3.8, 4) is 0 Å². The van der Waals surface area contributed by atoms with Crippen molar-refractivity contribution in [1.29, 1.82) is 0 Å². The number of nitrogens with one attached hydrogen (secondary N) is 1. The molecule has 1 heterocycles. The summed E-state index contributed by atoms with van der Waals surface area (Å²) in [6.45, 7) is -0.212. The second kappa shape index (κ2) is 10.8. The monoisotopic (exact) mass is 527 g/mol. The lowest BCUT2D eigenvalue weighted by atomic mass is 9.90. The molecule has 3 aromatic carbocycles. The summed E-state index contributed by atoms with van der Waals surface area (Å²) >= 11 is 5.99. The topological polar surface area (TPSA) is 100 Å². The van der Waals surface area contributed by atoms with Gasteiger partial charge in [-0.25, -0.2) is 10.0 Å². The van der Waals surface area contributed by atoms with Crippen LogP contribution in [0.4, 0.5) is 13.2 Å². The Morgan fingerprint density at radius 2 is 1.76 bits per heavy atom. The van der Waals surface area contributed by atoms with Gasteiger partial charge in [0.25, 0.3) is 5.91 Å². The second-order valence-corrected chi connectivity index (χ2v) is 8.61. The summed E-state index contributed by atoms with van der Waals surface area (Å²) in [5.74, 6) is -1.66. The molecular formula is C26H21ClF3N5O2. The van der Waals surface area contributed by atoms with Crippen molar-refractivity contribution in [2.24, 2.45) is 15.8 Å². The lowest BCUT2D eigenvalue weighted by Crippen LogP contribution is -2.42. The summed E-state index contributed by atoms with van der Waals surface area (Å²) in [5, 5.41) is 9.00. The Hall–Kier alpha value is -4.18. The van der Waals surface area contributed by atoms with Gasteiger partial charge in [-0.2, -0.15) is 18.3 Å². The Morgan fingerprint density at radius 1 is 1.05 bits per heavy atom. The lowest BCUT2D eigenvalue weighted by Gasteiger charge is -2.19. The van der Waals surface area contributed by atoms with Crippen LogP contribution in [0.5, 0.6) is 0 Å². The number of guanidine groups is 1. The average molecular weight is 528 g/mol. The Balaban J connectivity index is 1.71. The number of benzene rings is 3. The van der Waals surface area contributed by atoms with E-state index >= 15 is 0 Å². The quantitative estimate of drug-likeness (QED) is 0.379. The van der Waals surface area contributed by atoms with Gasteiger partial charge in [0.15, 0.2) is 0 Å². The SMILES string of the molecule is NC(=O)CN=C(NC(=O)c1cccc(Cl)c1)N1CC(c2ccccc2)C(c2ccc(C(F)(F)F)cc2)=N1. The van der Waals surface area contributed by atoms with Crippen molar-refractivity contribution in [3.05, 3.63) is 106 Å². The lowest BCUT2D eigenvalue weighted by molar-refractivity contribution is -0.137. The minimum absolute atomic E-state index is 0.0355. The van der Waals surface area contributed by atoms with Gasteiger partial charge in [-0.3, -0.25) is 14.9 Å². The number of alkyl halides is 3. The second-order valence-electron chi connectivity index (χ2n) is 8.18. The summed E-state index contributed by atoms with van der Waals surface area (Å²) < 4.78 is 39.3. The highest BCUT2D eigenvalue weighted by molar-refractivity contribution is 6.31. The first-order valence-corrected chi connectivity index (χ1v) is 11.5. The Labute approximate surface area is 215 Å². The Morgan fingerprint density at radius 3 is 2.38 bits per heavy atom. The molecule has 0 saturated carbocycles.